The number of nitro groups is 1. The Kier molecular flexibility index (Phi) is 6.39. The van der Waals surface area contributed by atoms with Crippen LogP contribution in [0.2, 0.25) is 5.02 Å². The molecule has 0 aliphatic heterocycles. The van der Waals surface area contributed by atoms with Crippen LogP contribution in [0.3, 0.4) is 0 Å². The molecule has 0 aliphatic rings. The Balaban J connectivity index is 2.55. The largest absolute Gasteiger partial charge is 0.502 e. The summed E-state index contributed by atoms with van der Waals surface area (Å²) in [5.41, 5.74) is -0.102. The Morgan fingerprint density at radius 1 is 1.43 bits per heavy atom. The number of aromatic hydroxyl groups is 1. The normalized spacial score (nSPS) is 11.6. The van der Waals surface area contributed by atoms with Crippen LogP contribution in [0.1, 0.15) is 32.3 Å². The smallest absolute Gasteiger partial charge is 0.312 e. The molecule has 1 aromatic rings. The summed E-state index contributed by atoms with van der Waals surface area (Å²) in [5.74, 6) is -0.354. The van der Waals surface area contributed by atoms with Crippen molar-refractivity contribution in [2.45, 2.75) is 33.2 Å². The molecule has 0 aromatic heterocycles. The van der Waals surface area contributed by atoms with Gasteiger partial charge in [0.2, 0.25) is 0 Å². The van der Waals surface area contributed by atoms with Gasteiger partial charge >= 0.3 is 5.69 Å². The van der Waals surface area contributed by atoms with Crippen LogP contribution in [-0.2, 0) is 6.54 Å². The molecule has 1 rings (SSSR count). The number of hydrogen-bond donors (Lipinski definition) is 3. The fourth-order valence-corrected chi connectivity index (χ4v) is 2.14. The number of phenolic OH excluding ortho intramolecular Hbond substituents is 1. The fraction of sp³-hybridized carbons (Fsp3) is 0.571. The zero-order valence-electron chi connectivity index (χ0n) is 12.2. The maximum Gasteiger partial charge on any atom is 0.312 e. The van der Waals surface area contributed by atoms with Gasteiger partial charge in [0.1, 0.15) is 0 Å². The second-order valence-corrected chi connectivity index (χ2v) is 6.23. The number of hydrogen-bond acceptors (Lipinski definition) is 5. The molecule has 0 aliphatic carbocycles. The van der Waals surface area contributed by atoms with Gasteiger partial charge < -0.3 is 15.5 Å². The molecule has 0 atom stereocenters. The molecule has 118 valence electrons. The Labute approximate surface area is 128 Å². The van der Waals surface area contributed by atoms with Gasteiger partial charge in [-0.2, -0.15) is 0 Å². The molecule has 0 saturated heterocycles. The van der Waals surface area contributed by atoms with Gasteiger partial charge in [-0.05, 0) is 30.9 Å². The van der Waals surface area contributed by atoms with E-state index in [1.165, 1.54) is 6.07 Å². The van der Waals surface area contributed by atoms with E-state index in [1.807, 2.05) is 13.8 Å². The van der Waals surface area contributed by atoms with Crippen molar-refractivity contribution in [2.75, 3.05) is 13.2 Å². The minimum atomic E-state index is -0.658. The van der Waals surface area contributed by atoms with Crippen LogP contribution in [0, 0.1) is 15.5 Å². The molecule has 0 unspecified atom stereocenters. The molecule has 6 nitrogen and oxygen atoms in total. The maximum absolute atomic E-state index is 10.8. The van der Waals surface area contributed by atoms with E-state index in [1.54, 1.807) is 0 Å². The van der Waals surface area contributed by atoms with E-state index < -0.39 is 4.92 Å². The van der Waals surface area contributed by atoms with E-state index in [9.17, 15) is 15.2 Å². The lowest BCUT2D eigenvalue weighted by atomic mass is 9.89. The minimum Gasteiger partial charge on any atom is -0.502 e. The molecule has 0 radical (unpaired) electrons. The van der Waals surface area contributed by atoms with E-state index >= 15 is 0 Å². The zero-order valence-corrected chi connectivity index (χ0v) is 13.0. The molecule has 0 spiro atoms. The lowest BCUT2D eigenvalue weighted by Crippen LogP contribution is -2.21. The number of nitrogens with zero attached hydrogens (tertiary/aromatic N) is 1. The number of phenols is 1. The first-order valence-corrected chi connectivity index (χ1v) is 7.12. The first kappa shape index (κ1) is 17.7. The SMILES string of the molecule is CC(C)(CO)CCCNCc1cc(Cl)cc([N+](=O)[O-])c1O. The highest BCUT2D eigenvalue weighted by molar-refractivity contribution is 6.31. The van der Waals surface area contributed by atoms with Crippen LogP contribution in [0.4, 0.5) is 5.69 Å². The molecular formula is C14H21ClN2O4. The number of nitrogens with one attached hydrogen (secondary N) is 1. The van der Waals surface area contributed by atoms with E-state index in [-0.39, 0.29) is 28.5 Å². The minimum absolute atomic E-state index is 0.112. The van der Waals surface area contributed by atoms with Gasteiger partial charge in [-0.1, -0.05) is 25.4 Å². The summed E-state index contributed by atoms with van der Waals surface area (Å²) in [4.78, 5) is 10.1. The average Bonchev–Trinajstić information content (AvgIpc) is 2.41. The summed E-state index contributed by atoms with van der Waals surface area (Å²) >= 11 is 5.81. The van der Waals surface area contributed by atoms with Crippen LogP contribution >= 0.6 is 11.6 Å². The quantitative estimate of drug-likeness (QED) is 0.389. The Morgan fingerprint density at radius 3 is 2.67 bits per heavy atom. The summed E-state index contributed by atoms with van der Waals surface area (Å²) in [6.45, 7) is 5.09. The highest BCUT2D eigenvalue weighted by Crippen LogP contribution is 2.33. The first-order valence-electron chi connectivity index (χ1n) is 6.74. The van der Waals surface area contributed by atoms with Gasteiger partial charge in [-0.15, -0.1) is 0 Å². The molecule has 0 bridgehead atoms. The maximum atomic E-state index is 10.8. The topological polar surface area (TPSA) is 95.6 Å². The van der Waals surface area contributed by atoms with Gasteiger partial charge in [0, 0.05) is 29.8 Å². The number of rotatable bonds is 8. The van der Waals surface area contributed by atoms with Crippen LogP contribution in [0.5, 0.6) is 5.75 Å². The fourth-order valence-electron chi connectivity index (χ4n) is 1.91. The van der Waals surface area contributed by atoms with Gasteiger partial charge in [-0.3, -0.25) is 10.1 Å². The summed E-state index contributed by atoms with van der Waals surface area (Å²) in [7, 11) is 0. The third-order valence-electron chi connectivity index (χ3n) is 3.28. The summed E-state index contributed by atoms with van der Waals surface area (Å²) in [6.07, 6.45) is 1.72. The third-order valence-corrected chi connectivity index (χ3v) is 3.50. The van der Waals surface area contributed by atoms with Crippen molar-refractivity contribution in [2.24, 2.45) is 5.41 Å². The van der Waals surface area contributed by atoms with E-state index in [0.717, 1.165) is 18.9 Å². The van der Waals surface area contributed by atoms with E-state index in [2.05, 4.69) is 5.32 Å². The van der Waals surface area contributed by atoms with E-state index in [0.29, 0.717) is 18.7 Å². The molecular weight excluding hydrogens is 296 g/mol. The molecule has 0 amide bonds. The van der Waals surface area contributed by atoms with Gasteiger partial charge in [0.25, 0.3) is 0 Å². The number of benzene rings is 1. The summed E-state index contributed by atoms with van der Waals surface area (Å²) < 4.78 is 0. The average molecular weight is 317 g/mol. The molecule has 0 heterocycles. The highest BCUT2D eigenvalue weighted by atomic mass is 35.5. The number of nitro benzene ring substituents is 1. The van der Waals surface area contributed by atoms with Crippen LogP contribution in [-0.4, -0.2) is 28.3 Å². The van der Waals surface area contributed by atoms with Crippen molar-refractivity contribution in [3.8, 4) is 5.75 Å². The van der Waals surface area contributed by atoms with Crippen molar-refractivity contribution >= 4 is 17.3 Å². The lowest BCUT2D eigenvalue weighted by molar-refractivity contribution is -0.385. The predicted molar refractivity (Wildman–Crippen MR) is 81.6 cm³/mol. The number of aliphatic hydroxyl groups excluding tert-OH is 1. The standard InChI is InChI=1S/C14H21ClN2O4/c1-14(2,9-18)4-3-5-16-8-10-6-11(15)7-12(13(10)19)17(20)21/h6-7,16,18-19H,3-5,8-9H2,1-2H3. The first-order chi connectivity index (χ1) is 9.76. The van der Waals surface area contributed by atoms with Gasteiger partial charge in [0.05, 0.1) is 4.92 Å². The Bertz CT molecular complexity index is 506. The monoisotopic (exact) mass is 316 g/mol. The van der Waals surface area contributed by atoms with E-state index in [4.69, 9.17) is 16.7 Å². The molecule has 0 saturated carbocycles. The van der Waals surface area contributed by atoms with Crippen molar-refractivity contribution in [3.63, 3.8) is 0 Å². The Hall–Kier alpha value is -1.37. The highest BCUT2D eigenvalue weighted by Gasteiger charge is 2.18. The molecule has 7 heteroatoms. The number of halogens is 1. The third kappa shape index (κ3) is 5.49. The molecule has 3 N–H and O–H groups in total. The van der Waals surface area contributed by atoms with Crippen molar-refractivity contribution in [1.29, 1.82) is 0 Å². The molecule has 1 aromatic carbocycles. The van der Waals surface area contributed by atoms with Crippen molar-refractivity contribution < 1.29 is 15.1 Å². The second-order valence-electron chi connectivity index (χ2n) is 5.79. The van der Waals surface area contributed by atoms with Crippen molar-refractivity contribution in [3.05, 3.63) is 32.8 Å². The number of aliphatic hydroxyl groups is 1. The van der Waals surface area contributed by atoms with Crippen LogP contribution in [0.15, 0.2) is 12.1 Å². The predicted octanol–water partition coefficient (Wildman–Crippen LogP) is 2.84. The van der Waals surface area contributed by atoms with Crippen LogP contribution in [0.25, 0.3) is 0 Å². The zero-order chi connectivity index (χ0) is 16.0. The summed E-state index contributed by atoms with van der Waals surface area (Å²) in [5, 5.41) is 33.1. The molecule has 21 heavy (non-hydrogen) atoms. The van der Waals surface area contributed by atoms with Gasteiger partial charge in [-0.25, -0.2) is 0 Å². The molecule has 0 fully saturated rings. The lowest BCUT2D eigenvalue weighted by Gasteiger charge is -2.21. The van der Waals surface area contributed by atoms with Gasteiger partial charge in [0.15, 0.2) is 5.75 Å². The second kappa shape index (κ2) is 7.59. The Morgan fingerprint density at radius 2 is 2.10 bits per heavy atom. The van der Waals surface area contributed by atoms with Crippen molar-refractivity contribution in [1.82, 2.24) is 5.32 Å². The summed E-state index contributed by atoms with van der Waals surface area (Å²) in [6, 6.07) is 2.64. The van der Waals surface area contributed by atoms with Crippen LogP contribution < -0.4 is 5.32 Å².